The van der Waals surface area contributed by atoms with E-state index in [2.05, 4.69) is 13.8 Å². The Morgan fingerprint density at radius 3 is 2.39 bits per heavy atom. The van der Waals surface area contributed by atoms with Crippen molar-refractivity contribution >= 4 is 0 Å². The maximum atomic E-state index is 13.3. The average molecular weight is 253 g/mol. The third-order valence-electron chi connectivity index (χ3n) is 4.20. The van der Waals surface area contributed by atoms with E-state index in [9.17, 15) is 8.78 Å². The Kier molecular flexibility index (Phi) is 3.71. The fourth-order valence-corrected chi connectivity index (χ4v) is 3.02. The van der Waals surface area contributed by atoms with Gasteiger partial charge in [-0.2, -0.15) is 0 Å². The summed E-state index contributed by atoms with van der Waals surface area (Å²) in [6, 6.07) is 3.66. The second-order valence-corrected chi connectivity index (χ2v) is 5.91. The summed E-state index contributed by atoms with van der Waals surface area (Å²) in [6.07, 6.45) is 3.80. The summed E-state index contributed by atoms with van der Waals surface area (Å²) in [6.45, 7) is 4.37. The molecule has 18 heavy (non-hydrogen) atoms. The van der Waals surface area contributed by atoms with Crippen molar-refractivity contribution in [1.29, 1.82) is 0 Å². The quantitative estimate of drug-likeness (QED) is 0.848. The van der Waals surface area contributed by atoms with Crippen molar-refractivity contribution in [3.05, 3.63) is 35.4 Å². The molecule has 2 atom stereocenters. The third-order valence-corrected chi connectivity index (χ3v) is 4.20. The Labute approximate surface area is 107 Å². The highest BCUT2D eigenvalue weighted by Gasteiger charge is 2.35. The van der Waals surface area contributed by atoms with Gasteiger partial charge in [0.1, 0.15) is 11.6 Å². The van der Waals surface area contributed by atoms with Crippen molar-refractivity contribution in [3.63, 3.8) is 0 Å². The molecular weight excluding hydrogens is 232 g/mol. The van der Waals surface area contributed by atoms with Crippen LogP contribution in [-0.4, -0.2) is 0 Å². The highest BCUT2D eigenvalue weighted by atomic mass is 19.1. The van der Waals surface area contributed by atoms with Crippen LogP contribution in [0.15, 0.2) is 18.2 Å². The van der Waals surface area contributed by atoms with Gasteiger partial charge in [-0.3, -0.25) is 0 Å². The first-order valence-corrected chi connectivity index (χ1v) is 6.66. The van der Waals surface area contributed by atoms with Crippen molar-refractivity contribution in [2.24, 2.45) is 17.6 Å². The molecule has 1 fully saturated rings. The first-order chi connectivity index (χ1) is 8.40. The predicted molar refractivity (Wildman–Crippen MR) is 69.0 cm³/mol. The molecule has 1 saturated carbocycles. The Morgan fingerprint density at radius 2 is 1.83 bits per heavy atom. The summed E-state index contributed by atoms with van der Waals surface area (Å²) in [5.41, 5.74) is 6.44. The topological polar surface area (TPSA) is 26.0 Å². The predicted octanol–water partition coefficient (Wildman–Crippen LogP) is 3.97. The monoisotopic (exact) mass is 253 g/mol. The minimum Gasteiger partial charge on any atom is -0.321 e. The molecule has 1 aromatic carbocycles. The molecule has 0 bridgehead atoms. The summed E-state index contributed by atoms with van der Waals surface area (Å²) in [5.74, 6) is 0.0182. The molecule has 2 N–H and O–H groups in total. The van der Waals surface area contributed by atoms with E-state index in [1.54, 1.807) is 0 Å². The fraction of sp³-hybridized carbons (Fsp3) is 0.600. The molecule has 0 aliphatic heterocycles. The van der Waals surface area contributed by atoms with Crippen molar-refractivity contribution in [2.75, 3.05) is 0 Å². The summed E-state index contributed by atoms with van der Waals surface area (Å²) >= 11 is 0. The lowest BCUT2D eigenvalue weighted by Crippen LogP contribution is -2.42. The van der Waals surface area contributed by atoms with E-state index in [4.69, 9.17) is 5.73 Å². The molecule has 0 saturated heterocycles. The number of hydrogen-bond donors (Lipinski definition) is 1. The van der Waals surface area contributed by atoms with Crippen LogP contribution in [-0.2, 0) is 5.54 Å². The molecule has 1 aliphatic carbocycles. The molecule has 1 aromatic rings. The second kappa shape index (κ2) is 4.96. The number of benzene rings is 1. The van der Waals surface area contributed by atoms with E-state index in [0.717, 1.165) is 31.7 Å². The largest absolute Gasteiger partial charge is 0.321 e. The average Bonchev–Trinajstić information content (AvgIpc) is 2.27. The third kappa shape index (κ3) is 2.72. The maximum absolute atomic E-state index is 13.3. The van der Waals surface area contributed by atoms with Crippen molar-refractivity contribution in [1.82, 2.24) is 0 Å². The molecule has 0 heterocycles. The minimum atomic E-state index is -0.573. The number of halogens is 2. The molecule has 2 rings (SSSR count). The van der Waals surface area contributed by atoms with E-state index in [0.29, 0.717) is 17.4 Å². The number of rotatable bonds is 2. The summed E-state index contributed by atoms with van der Waals surface area (Å²) in [7, 11) is 0. The van der Waals surface area contributed by atoms with Gasteiger partial charge in [-0.25, -0.2) is 8.78 Å². The SMILES string of the molecule is CC(C)C1CCCC(N)(c2cc(F)cc(F)c2)C1. The zero-order chi connectivity index (χ0) is 13.3. The highest BCUT2D eigenvalue weighted by molar-refractivity contribution is 5.26. The van der Waals surface area contributed by atoms with Crippen molar-refractivity contribution in [3.8, 4) is 0 Å². The van der Waals surface area contributed by atoms with Crippen LogP contribution >= 0.6 is 0 Å². The first-order valence-electron chi connectivity index (χ1n) is 6.66. The van der Waals surface area contributed by atoms with E-state index in [1.807, 2.05) is 0 Å². The molecule has 3 heteroatoms. The Bertz CT molecular complexity index is 410. The van der Waals surface area contributed by atoms with Crippen LogP contribution in [0.1, 0.15) is 45.1 Å². The lowest BCUT2D eigenvalue weighted by atomic mass is 9.69. The van der Waals surface area contributed by atoms with Gasteiger partial charge in [0.2, 0.25) is 0 Å². The van der Waals surface area contributed by atoms with Gasteiger partial charge in [0.15, 0.2) is 0 Å². The molecule has 0 aromatic heterocycles. The Balaban J connectivity index is 2.29. The normalized spacial score (nSPS) is 28.7. The van der Waals surface area contributed by atoms with Gasteiger partial charge in [0.05, 0.1) is 0 Å². The molecular formula is C15H21F2N. The van der Waals surface area contributed by atoms with E-state index in [1.165, 1.54) is 12.1 Å². The van der Waals surface area contributed by atoms with Gasteiger partial charge in [0.25, 0.3) is 0 Å². The van der Waals surface area contributed by atoms with E-state index in [-0.39, 0.29) is 0 Å². The van der Waals surface area contributed by atoms with Crippen molar-refractivity contribution < 1.29 is 8.78 Å². The van der Waals surface area contributed by atoms with Gasteiger partial charge in [-0.15, -0.1) is 0 Å². The number of nitrogens with two attached hydrogens (primary N) is 1. The standard InChI is InChI=1S/C15H21F2N/c1-10(2)11-4-3-5-15(18,9-11)12-6-13(16)8-14(17)7-12/h6-8,10-11H,3-5,9,18H2,1-2H3. The molecule has 0 spiro atoms. The van der Waals surface area contributed by atoms with Crippen molar-refractivity contribution in [2.45, 2.75) is 45.1 Å². The lowest BCUT2D eigenvalue weighted by molar-refractivity contribution is 0.183. The van der Waals surface area contributed by atoms with Crippen LogP contribution < -0.4 is 5.73 Å². The van der Waals surface area contributed by atoms with Crippen LogP contribution in [0.5, 0.6) is 0 Å². The van der Waals surface area contributed by atoms with Crippen LogP contribution in [0, 0.1) is 23.5 Å². The van der Waals surface area contributed by atoms with Crippen LogP contribution in [0.25, 0.3) is 0 Å². The summed E-state index contributed by atoms with van der Waals surface area (Å²) in [5, 5.41) is 0. The highest BCUT2D eigenvalue weighted by Crippen LogP contribution is 2.41. The molecule has 2 unspecified atom stereocenters. The Morgan fingerprint density at radius 1 is 1.22 bits per heavy atom. The van der Waals surface area contributed by atoms with Crippen LogP contribution in [0.2, 0.25) is 0 Å². The van der Waals surface area contributed by atoms with E-state index < -0.39 is 17.2 Å². The zero-order valence-corrected chi connectivity index (χ0v) is 11.0. The zero-order valence-electron chi connectivity index (χ0n) is 11.0. The smallest absolute Gasteiger partial charge is 0.126 e. The lowest BCUT2D eigenvalue weighted by Gasteiger charge is -2.40. The molecule has 1 aliphatic rings. The van der Waals surface area contributed by atoms with Crippen LogP contribution in [0.4, 0.5) is 8.78 Å². The maximum Gasteiger partial charge on any atom is 0.126 e. The van der Waals surface area contributed by atoms with Crippen LogP contribution in [0.3, 0.4) is 0 Å². The summed E-state index contributed by atoms with van der Waals surface area (Å²) < 4.78 is 26.6. The van der Waals surface area contributed by atoms with Gasteiger partial charge in [-0.1, -0.05) is 26.7 Å². The van der Waals surface area contributed by atoms with Gasteiger partial charge in [-0.05, 0) is 42.4 Å². The fourth-order valence-electron chi connectivity index (χ4n) is 3.02. The van der Waals surface area contributed by atoms with Gasteiger partial charge < -0.3 is 5.73 Å². The molecule has 1 nitrogen and oxygen atoms in total. The molecule has 0 radical (unpaired) electrons. The molecule has 100 valence electrons. The number of hydrogen-bond acceptors (Lipinski definition) is 1. The second-order valence-electron chi connectivity index (χ2n) is 5.91. The molecule has 0 amide bonds. The van der Waals surface area contributed by atoms with E-state index >= 15 is 0 Å². The van der Waals surface area contributed by atoms with Gasteiger partial charge >= 0.3 is 0 Å². The minimum absolute atomic E-state index is 0.537. The first kappa shape index (κ1) is 13.5. The summed E-state index contributed by atoms with van der Waals surface area (Å²) in [4.78, 5) is 0. The Hall–Kier alpha value is -0.960. The van der Waals surface area contributed by atoms with Gasteiger partial charge in [0, 0.05) is 11.6 Å².